The minimum absolute atomic E-state index is 0.182. The Bertz CT molecular complexity index is 794. The fourth-order valence-electron chi connectivity index (χ4n) is 3.37. The molecule has 6 heteroatoms. The molecule has 1 saturated carbocycles. The number of anilines is 1. The molecule has 3 heterocycles. The molecule has 6 nitrogen and oxygen atoms in total. The molecule has 126 valence electrons. The molecular weight excluding hydrogens is 302 g/mol. The van der Waals surface area contributed by atoms with Crippen LogP contribution >= 0.6 is 0 Å². The number of hydrogen-bond donors (Lipinski definition) is 1. The number of hydrogen-bond acceptors (Lipinski definition) is 5. The zero-order valence-electron chi connectivity index (χ0n) is 14.3. The summed E-state index contributed by atoms with van der Waals surface area (Å²) in [6.07, 6.45) is 5.68. The molecule has 1 amide bonds. The molecule has 0 atom stereocenters. The van der Waals surface area contributed by atoms with Gasteiger partial charge in [0, 0.05) is 24.8 Å². The first-order valence-electron chi connectivity index (χ1n) is 8.83. The van der Waals surface area contributed by atoms with E-state index < -0.39 is 0 Å². The summed E-state index contributed by atoms with van der Waals surface area (Å²) in [5.74, 6) is 0.928. The number of carbonyl (C=O) groups is 1. The third kappa shape index (κ3) is 2.92. The first-order chi connectivity index (χ1) is 11.6. The predicted octanol–water partition coefficient (Wildman–Crippen LogP) is 2.52. The lowest BCUT2D eigenvalue weighted by atomic mass is 10.1. The fraction of sp³-hybridized carbons (Fsp3) is 0.556. The van der Waals surface area contributed by atoms with E-state index >= 15 is 0 Å². The van der Waals surface area contributed by atoms with Crippen molar-refractivity contribution in [2.45, 2.75) is 52.0 Å². The van der Waals surface area contributed by atoms with E-state index in [0.29, 0.717) is 11.7 Å². The highest BCUT2D eigenvalue weighted by atomic mass is 16.2. The highest BCUT2D eigenvalue weighted by Gasteiger charge is 2.27. The number of amides is 1. The highest BCUT2D eigenvalue weighted by Crippen LogP contribution is 2.29. The number of fused-ring (bicyclic) bond motifs is 1. The molecule has 0 unspecified atom stereocenters. The SMILES string of the molecule is Cc1cc(C)c2c(N3CCCCC3)nc(C(=O)NC3CC3)nc2n1. The van der Waals surface area contributed by atoms with Gasteiger partial charge in [-0.25, -0.2) is 15.0 Å². The second-order valence-corrected chi connectivity index (χ2v) is 6.95. The fourth-order valence-corrected chi connectivity index (χ4v) is 3.37. The van der Waals surface area contributed by atoms with Crippen molar-refractivity contribution in [2.75, 3.05) is 18.0 Å². The topological polar surface area (TPSA) is 71.0 Å². The summed E-state index contributed by atoms with van der Waals surface area (Å²) in [5, 5.41) is 3.96. The van der Waals surface area contributed by atoms with Gasteiger partial charge in [-0.05, 0) is 57.6 Å². The third-order valence-corrected chi connectivity index (χ3v) is 4.74. The van der Waals surface area contributed by atoms with Crippen LogP contribution in [0.2, 0.25) is 0 Å². The molecule has 1 aliphatic heterocycles. The lowest BCUT2D eigenvalue weighted by Gasteiger charge is -2.29. The number of piperidine rings is 1. The predicted molar refractivity (Wildman–Crippen MR) is 93.4 cm³/mol. The number of aryl methyl sites for hydroxylation is 2. The van der Waals surface area contributed by atoms with Gasteiger partial charge in [0.05, 0.1) is 5.39 Å². The normalized spacial score (nSPS) is 18.0. The van der Waals surface area contributed by atoms with Crippen LogP contribution in [0.3, 0.4) is 0 Å². The van der Waals surface area contributed by atoms with E-state index in [-0.39, 0.29) is 11.7 Å². The molecule has 1 saturated heterocycles. The molecule has 2 aromatic rings. The molecule has 0 bridgehead atoms. The summed E-state index contributed by atoms with van der Waals surface area (Å²) < 4.78 is 0. The van der Waals surface area contributed by atoms with Crippen LogP contribution in [0.4, 0.5) is 5.82 Å². The van der Waals surface area contributed by atoms with Gasteiger partial charge in [-0.1, -0.05) is 0 Å². The van der Waals surface area contributed by atoms with Gasteiger partial charge in [0.1, 0.15) is 5.82 Å². The number of nitrogens with zero attached hydrogens (tertiary/aromatic N) is 4. The van der Waals surface area contributed by atoms with Crippen LogP contribution in [0.5, 0.6) is 0 Å². The summed E-state index contributed by atoms with van der Waals surface area (Å²) >= 11 is 0. The van der Waals surface area contributed by atoms with Crippen LogP contribution in [-0.2, 0) is 0 Å². The molecule has 24 heavy (non-hydrogen) atoms. The Morgan fingerprint density at radius 3 is 2.58 bits per heavy atom. The Hall–Kier alpha value is -2.24. The van der Waals surface area contributed by atoms with Gasteiger partial charge < -0.3 is 10.2 Å². The van der Waals surface area contributed by atoms with E-state index in [1.165, 1.54) is 6.42 Å². The largest absolute Gasteiger partial charge is 0.356 e. The summed E-state index contributed by atoms with van der Waals surface area (Å²) in [5.41, 5.74) is 2.66. The average molecular weight is 325 g/mol. The monoisotopic (exact) mass is 325 g/mol. The minimum Gasteiger partial charge on any atom is -0.356 e. The number of rotatable bonds is 3. The van der Waals surface area contributed by atoms with Crippen molar-refractivity contribution < 1.29 is 4.79 Å². The Morgan fingerprint density at radius 1 is 1.12 bits per heavy atom. The smallest absolute Gasteiger partial charge is 0.289 e. The minimum atomic E-state index is -0.182. The van der Waals surface area contributed by atoms with E-state index in [1.807, 2.05) is 6.92 Å². The lowest BCUT2D eigenvalue weighted by Crippen LogP contribution is -2.32. The molecule has 2 fully saturated rings. The Kier molecular flexibility index (Phi) is 3.82. The Balaban J connectivity index is 1.83. The van der Waals surface area contributed by atoms with Gasteiger partial charge in [0.25, 0.3) is 5.91 Å². The van der Waals surface area contributed by atoms with Gasteiger partial charge in [-0.3, -0.25) is 4.79 Å². The van der Waals surface area contributed by atoms with E-state index in [0.717, 1.165) is 61.2 Å². The average Bonchev–Trinajstić information content (AvgIpc) is 3.38. The van der Waals surface area contributed by atoms with E-state index in [9.17, 15) is 4.79 Å². The standard InChI is InChI=1S/C18H23N5O/c1-11-10-12(2)19-15-14(11)17(23-8-4-3-5-9-23)22-16(21-15)18(24)20-13-6-7-13/h10,13H,3-9H2,1-2H3,(H,20,24). The quantitative estimate of drug-likeness (QED) is 0.939. The van der Waals surface area contributed by atoms with Crippen molar-refractivity contribution in [1.82, 2.24) is 20.3 Å². The molecule has 2 aromatic heterocycles. The van der Waals surface area contributed by atoms with Gasteiger partial charge in [0.2, 0.25) is 5.82 Å². The van der Waals surface area contributed by atoms with Gasteiger partial charge in [-0.15, -0.1) is 0 Å². The van der Waals surface area contributed by atoms with Crippen LogP contribution in [0, 0.1) is 13.8 Å². The van der Waals surface area contributed by atoms with Crippen molar-refractivity contribution in [3.8, 4) is 0 Å². The number of pyridine rings is 1. The number of carbonyl (C=O) groups excluding carboxylic acids is 1. The molecule has 1 aliphatic carbocycles. The first-order valence-corrected chi connectivity index (χ1v) is 8.83. The van der Waals surface area contributed by atoms with Crippen molar-refractivity contribution in [2.24, 2.45) is 0 Å². The summed E-state index contributed by atoms with van der Waals surface area (Å²) in [7, 11) is 0. The maximum Gasteiger partial charge on any atom is 0.289 e. The molecule has 0 radical (unpaired) electrons. The summed E-state index contributed by atoms with van der Waals surface area (Å²) in [4.78, 5) is 28.4. The molecule has 0 spiro atoms. The van der Waals surface area contributed by atoms with Crippen LogP contribution < -0.4 is 10.2 Å². The zero-order chi connectivity index (χ0) is 16.7. The molecular formula is C18H23N5O. The van der Waals surface area contributed by atoms with Gasteiger partial charge in [0.15, 0.2) is 5.65 Å². The number of nitrogens with one attached hydrogen (secondary N) is 1. The van der Waals surface area contributed by atoms with Crippen LogP contribution in [-0.4, -0.2) is 40.0 Å². The number of aromatic nitrogens is 3. The highest BCUT2D eigenvalue weighted by molar-refractivity contribution is 5.97. The van der Waals surface area contributed by atoms with E-state index in [1.54, 1.807) is 0 Å². The zero-order valence-corrected chi connectivity index (χ0v) is 14.3. The van der Waals surface area contributed by atoms with Crippen molar-refractivity contribution >= 4 is 22.8 Å². The van der Waals surface area contributed by atoms with E-state index in [4.69, 9.17) is 0 Å². The van der Waals surface area contributed by atoms with E-state index in [2.05, 4.69) is 38.2 Å². The second kappa shape index (κ2) is 6.00. The van der Waals surface area contributed by atoms with Crippen LogP contribution in [0.15, 0.2) is 6.07 Å². The molecule has 1 N–H and O–H groups in total. The van der Waals surface area contributed by atoms with Crippen molar-refractivity contribution in [3.05, 3.63) is 23.1 Å². The third-order valence-electron chi connectivity index (χ3n) is 4.74. The first kappa shape index (κ1) is 15.3. The second-order valence-electron chi connectivity index (χ2n) is 6.95. The lowest BCUT2D eigenvalue weighted by molar-refractivity contribution is 0.0941. The molecule has 4 rings (SSSR count). The molecule has 2 aliphatic rings. The Morgan fingerprint density at radius 2 is 1.88 bits per heavy atom. The maximum atomic E-state index is 12.5. The van der Waals surface area contributed by atoms with Crippen LogP contribution in [0.1, 0.15) is 54.0 Å². The Labute approximate surface area is 141 Å². The maximum absolute atomic E-state index is 12.5. The summed E-state index contributed by atoms with van der Waals surface area (Å²) in [6.45, 7) is 5.98. The van der Waals surface area contributed by atoms with Gasteiger partial charge in [-0.2, -0.15) is 0 Å². The van der Waals surface area contributed by atoms with Gasteiger partial charge >= 0.3 is 0 Å². The van der Waals surface area contributed by atoms with Crippen LogP contribution in [0.25, 0.3) is 11.0 Å². The van der Waals surface area contributed by atoms with Crippen molar-refractivity contribution in [1.29, 1.82) is 0 Å². The molecule has 0 aromatic carbocycles. The summed E-state index contributed by atoms with van der Waals surface area (Å²) in [6, 6.07) is 2.35. The van der Waals surface area contributed by atoms with Crippen molar-refractivity contribution in [3.63, 3.8) is 0 Å².